The molecule has 6 heteroatoms. The molecule has 6 nitrogen and oxygen atoms in total. The first-order valence-corrected chi connectivity index (χ1v) is 14.1. The fraction of sp³-hybridized carbons (Fsp3) is 0.424. The van der Waals surface area contributed by atoms with Crippen LogP contribution in [0.3, 0.4) is 0 Å². The molecule has 3 aromatic carbocycles. The fourth-order valence-electron chi connectivity index (χ4n) is 8.74. The molecule has 4 fully saturated rings. The quantitative estimate of drug-likeness (QED) is 0.235. The third-order valence-electron chi connectivity index (χ3n) is 10.5. The van der Waals surface area contributed by atoms with Crippen molar-refractivity contribution in [1.29, 1.82) is 0 Å². The molecule has 4 saturated carbocycles. The van der Waals surface area contributed by atoms with E-state index in [1.54, 1.807) is 18.7 Å². The van der Waals surface area contributed by atoms with Gasteiger partial charge in [-0.05, 0) is 109 Å². The maximum atomic E-state index is 12.4. The number of ether oxygens (including phenoxy) is 3. The van der Waals surface area contributed by atoms with E-state index in [1.807, 2.05) is 24.3 Å². The van der Waals surface area contributed by atoms with Crippen molar-refractivity contribution in [2.24, 2.45) is 23.2 Å². The number of esters is 1. The summed E-state index contributed by atoms with van der Waals surface area (Å²) in [6.07, 6.45) is 5.85. The van der Waals surface area contributed by atoms with Crippen molar-refractivity contribution in [3.05, 3.63) is 77.9 Å². The molecule has 0 bridgehead atoms. The second-order valence-corrected chi connectivity index (χ2v) is 11.8. The SMILES string of the molecule is COCCOc1ccc(Nc2ccc(N(C)c3ccc(C45CC6CC7CC(C4)C765)cc3)cc2)c(C(=O)OC)c1. The minimum Gasteiger partial charge on any atom is -0.491 e. The van der Waals surface area contributed by atoms with Gasteiger partial charge in [-0.1, -0.05) is 12.1 Å². The first-order chi connectivity index (χ1) is 19.0. The number of hydrogen-bond acceptors (Lipinski definition) is 6. The lowest BCUT2D eigenvalue weighted by atomic mass is 9.12. The number of nitrogens with one attached hydrogen (secondary N) is 1. The van der Waals surface area contributed by atoms with Crippen molar-refractivity contribution in [2.45, 2.75) is 31.1 Å². The summed E-state index contributed by atoms with van der Waals surface area (Å²) in [5.74, 6) is 3.25. The number of hydrogen-bond donors (Lipinski definition) is 1. The standard InChI is InChI=1S/C33H36N2O4/c1-35(26-8-4-21(5-9-26)32-19-23-16-22-17-24(20-32)33(22,23)32)27-10-6-25(7-11-27)34-30-13-12-28(39-15-14-37-2)18-29(30)31(36)38-3/h4-13,18,22-24,34H,14-17,19-20H2,1-3H3. The van der Waals surface area contributed by atoms with Crippen LogP contribution in [0.5, 0.6) is 5.75 Å². The zero-order chi connectivity index (χ0) is 26.8. The Kier molecular flexibility index (Phi) is 5.67. The second kappa shape index (κ2) is 9.02. The summed E-state index contributed by atoms with van der Waals surface area (Å²) >= 11 is 0. The first kappa shape index (κ1) is 24.5. The lowest BCUT2D eigenvalue weighted by Crippen LogP contribution is -2.87. The van der Waals surface area contributed by atoms with Gasteiger partial charge in [-0.3, -0.25) is 0 Å². The third-order valence-corrected chi connectivity index (χ3v) is 10.5. The van der Waals surface area contributed by atoms with Crippen LogP contribution in [-0.4, -0.2) is 40.5 Å². The number of benzene rings is 3. The van der Waals surface area contributed by atoms with Gasteiger partial charge in [0.25, 0.3) is 0 Å². The summed E-state index contributed by atoms with van der Waals surface area (Å²) in [6.45, 7) is 0.881. The Morgan fingerprint density at radius 1 is 0.897 bits per heavy atom. The van der Waals surface area contributed by atoms with E-state index in [2.05, 4.69) is 53.7 Å². The maximum absolute atomic E-state index is 12.4. The van der Waals surface area contributed by atoms with Gasteiger partial charge in [0.15, 0.2) is 0 Å². The Hall–Kier alpha value is -3.51. The highest BCUT2D eigenvalue weighted by atomic mass is 16.5. The highest BCUT2D eigenvalue weighted by Crippen LogP contribution is 2.92. The Bertz CT molecular complexity index is 1370. The minimum absolute atomic E-state index is 0.407. The predicted octanol–water partition coefficient (Wildman–Crippen LogP) is 6.70. The van der Waals surface area contributed by atoms with E-state index >= 15 is 0 Å². The number of carbonyl (C=O) groups is 1. The van der Waals surface area contributed by atoms with Gasteiger partial charge in [0.1, 0.15) is 12.4 Å². The first-order valence-electron chi connectivity index (χ1n) is 14.1. The summed E-state index contributed by atoms with van der Waals surface area (Å²) in [4.78, 5) is 14.7. The van der Waals surface area contributed by atoms with Gasteiger partial charge >= 0.3 is 5.97 Å². The van der Waals surface area contributed by atoms with Crippen molar-refractivity contribution < 1.29 is 19.0 Å². The van der Waals surface area contributed by atoms with Gasteiger partial charge in [-0.2, -0.15) is 0 Å². The largest absolute Gasteiger partial charge is 0.491 e. The van der Waals surface area contributed by atoms with Gasteiger partial charge in [0.05, 0.1) is 25.0 Å². The second-order valence-electron chi connectivity index (χ2n) is 11.8. The van der Waals surface area contributed by atoms with Crippen molar-refractivity contribution in [3.8, 4) is 5.75 Å². The average Bonchev–Trinajstić information content (AvgIpc) is 2.92. The molecule has 2 unspecified atom stereocenters. The molecule has 7 rings (SSSR count). The molecule has 4 aliphatic rings. The van der Waals surface area contributed by atoms with E-state index in [9.17, 15) is 4.79 Å². The smallest absolute Gasteiger partial charge is 0.340 e. The van der Waals surface area contributed by atoms with Crippen molar-refractivity contribution in [2.75, 3.05) is 44.7 Å². The molecule has 0 saturated heterocycles. The molecular formula is C33H36N2O4. The summed E-state index contributed by atoms with van der Waals surface area (Å²) in [6, 6.07) is 23.0. The number of carbonyl (C=O) groups excluding carboxylic acids is 1. The molecule has 4 aliphatic carbocycles. The van der Waals surface area contributed by atoms with Crippen molar-refractivity contribution in [1.82, 2.24) is 0 Å². The number of rotatable bonds is 10. The summed E-state index contributed by atoms with van der Waals surface area (Å²) in [5, 5.41) is 3.36. The Morgan fingerprint density at radius 3 is 2.15 bits per heavy atom. The van der Waals surface area contributed by atoms with E-state index in [0.29, 0.717) is 41.0 Å². The van der Waals surface area contributed by atoms with Crippen molar-refractivity contribution in [3.63, 3.8) is 0 Å². The van der Waals surface area contributed by atoms with E-state index in [0.717, 1.165) is 29.1 Å². The van der Waals surface area contributed by atoms with E-state index in [4.69, 9.17) is 14.2 Å². The zero-order valence-electron chi connectivity index (χ0n) is 22.9. The summed E-state index contributed by atoms with van der Waals surface area (Å²) in [7, 11) is 5.11. The predicted molar refractivity (Wildman–Crippen MR) is 152 cm³/mol. The van der Waals surface area contributed by atoms with Gasteiger partial charge < -0.3 is 24.4 Å². The van der Waals surface area contributed by atoms with Crippen LogP contribution in [0.4, 0.5) is 22.7 Å². The molecule has 0 aromatic heterocycles. The van der Waals surface area contributed by atoms with Crippen LogP contribution in [-0.2, 0) is 14.9 Å². The van der Waals surface area contributed by atoms with Crippen molar-refractivity contribution >= 4 is 28.7 Å². The highest BCUT2D eigenvalue weighted by Gasteiger charge is 2.87. The molecule has 1 N–H and O–H groups in total. The fourth-order valence-corrected chi connectivity index (χ4v) is 8.74. The van der Waals surface area contributed by atoms with Crippen LogP contribution >= 0.6 is 0 Å². The molecular weight excluding hydrogens is 488 g/mol. The van der Waals surface area contributed by atoms with Crippen LogP contribution in [0, 0.1) is 23.2 Å². The van der Waals surface area contributed by atoms with Crippen LogP contribution < -0.4 is 15.0 Å². The minimum atomic E-state index is -0.423. The lowest BCUT2D eigenvalue weighted by molar-refractivity contribution is -0.395. The summed E-state index contributed by atoms with van der Waals surface area (Å²) < 4.78 is 15.7. The molecule has 2 atom stereocenters. The topological polar surface area (TPSA) is 60.0 Å². The number of methoxy groups -OCH3 is 2. The number of nitrogens with zero attached hydrogens (tertiary/aromatic N) is 1. The maximum Gasteiger partial charge on any atom is 0.340 e. The normalized spacial score (nSPS) is 28.8. The van der Waals surface area contributed by atoms with Gasteiger partial charge in [-0.25, -0.2) is 4.79 Å². The van der Waals surface area contributed by atoms with E-state index < -0.39 is 5.97 Å². The average molecular weight is 525 g/mol. The third kappa shape index (κ3) is 3.40. The molecule has 0 amide bonds. The Labute approximate surface area is 230 Å². The zero-order valence-corrected chi connectivity index (χ0v) is 22.9. The molecule has 0 aliphatic heterocycles. The summed E-state index contributed by atoms with van der Waals surface area (Å²) in [5.41, 5.74) is 7.05. The van der Waals surface area contributed by atoms with Crippen LogP contribution in [0.25, 0.3) is 0 Å². The monoisotopic (exact) mass is 524 g/mol. The molecule has 0 radical (unpaired) electrons. The molecule has 1 spiro atoms. The van der Waals surface area contributed by atoms with Gasteiger partial charge in [0, 0.05) is 36.6 Å². The van der Waals surface area contributed by atoms with Crippen LogP contribution in [0.2, 0.25) is 0 Å². The van der Waals surface area contributed by atoms with Crippen LogP contribution in [0.1, 0.15) is 41.6 Å². The van der Waals surface area contributed by atoms with E-state index in [-0.39, 0.29) is 0 Å². The highest BCUT2D eigenvalue weighted by molar-refractivity contribution is 5.97. The Balaban J connectivity index is 1.04. The van der Waals surface area contributed by atoms with Gasteiger partial charge in [0.2, 0.25) is 0 Å². The Morgan fingerprint density at radius 2 is 1.56 bits per heavy atom. The van der Waals surface area contributed by atoms with E-state index in [1.165, 1.54) is 38.5 Å². The lowest BCUT2D eigenvalue weighted by Gasteiger charge is -2.91. The molecule has 3 aromatic rings. The van der Waals surface area contributed by atoms with Crippen LogP contribution in [0.15, 0.2) is 66.7 Å². The van der Waals surface area contributed by atoms with Gasteiger partial charge in [-0.15, -0.1) is 0 Å². The molecule has 0 heterocycles. The molecule has 202 valence electrons. The molecule has 39 heavy (non-hydrogen) atoms. The number of anilines is 4.